The normalized spacial score (nSPS) is 11.7. The summed E-state index contributed by atoms with van der Waals surface area (Å²) in [7, 11) is 0. The summed E-state index contributed by atoms with van der Waals surface area (Å²) in [5.74, 6) is 0. The first-order chi connectivity index (χ1) is 16.1. The number of hydrogen-bond acceptors (Lipinski definition) is 3. The fourth-order valence-electron chi connectivity index (χ4n) is 5.03. The summed E-state index contributed by atoms with van der Waals surface area (Å²) < 4.78 is 2.19. The first-order valence-corrected chi connectivity index (χ1v) is 11.9. The highest BCUT2D eigenvalue weighted by Crippen LogP contribution is 2.26. The van der Waals surface area contributed by atoms with Crippen molar-refractivity contribution < 1.29 is 0 Å². The van der Waals surface area contributed by atoms with E-state index in [0.29, 0.717) is 21.7 Å². The molecule has 0 aliphatic carbocycles. The molecule has 5 heteroatoms. The van der Waals surface area contributed by atoms with Gasteiger partial charge in [0.15, 0.2) is 10.9 Å². The summed E-state index contributed by atoms with van der Waals surface area (Å²) in [6.45, 7) is 8.15. The number of hydrogen-bond donors (Lipinski definition) is 1. The maximum absolute atomic E-state index is 13.8. The Morgan fingerprint density at radius 3 is 2.24 bits per heavy atom. The van der Waals surface area contributed by atoms with Gasteiger partial charge in [-0.1, -0.05) is 45.0 Å². The van der Waals surface area contributed by atoms with Crippen LogP contribution >= 0.6 is 0 Å². The first-order valence-electron chi connectivity index (χ1n) is 11.9. The third-order valence-electron chi connectivity index (χ3n) is 6.51. The van der Waals surface area contributed by atoms with Gasteiger partial charge in [0.1, 0.15) is 0 Å². The minimum atomic E-state index is -0.0137. The fourth-order valence-corrected chi connectivity index (χ4v) is 5.03. The van der Waals surface area contributed by atoms with Crippen molar-refractivity contribution in [1.29, 1.82) is 0 Å². The van der Waals surface area contributed by atoms with Crippen LogP contribution in [-0.4, -0.2) is 22.7 Å². The summed E-state index contributed by atoms with van der Waals surface area (Å²) >= 11 is 0. The molecule has 5 nitrogen and oxygen atoms in total. The number of nitrogens with one attached hydrogen (secondary N) is 1. The highest BCUT2D eigenvalue weighted by molar-refractivity contribution is 6.04. The van der Waals surface area contributed by atoms with Crippen molar-refractivity contribution in [2.45, 2.75) is 40.0 Å². The molecule has 0 saturated carbocycles. The average Bonchev–Trinajstić information content (AvgIpc) is 2.83. The van der Waals surface area contributed by atoms with E-state index in [1.807, 2.05) is 54.6 Å². The van der Waals surface area contributed by atoms with E-state index in [4.69, 9.17) is 0 Å². The van der Waals surface area contributed by atoms with Crippen LogP contribution in [0.2, 0.25) is 0 Å². The number of aryl methyl sites for hydroxylation is 1. The van der Waals surface area contributed by atoms with Gasteiger partial charge < -0.3 is 9.99 Å². The van der Waals surface area contributed by atoms with Crippen LogP contribution in [0, 0.1) is 0 Å². The molecule has 0 fully saturated rings. The van der Waals surface area contributed by atoms with Gasteiger partial charge >= 0.3 is 0 Å². The van der Waals surface area contributed by atoms with Crippen LogP contribution < -0.4 is 15.9 Å². The fraction of sp³-hybridized carbons (Fsp3) is 0.286. The van der Waals surface area contributed by atoms with E-state index < -0.39 is 0 Å². The van der Waals surface area contributed by atoms with Gasteiger partial charge in [0, 0.05) is 29.4 Å². The lowest BCUT2D eigenvalue weighted by Gasteiger charge is -2.30. The van der Waals surface area contributed by atoms with Crippen LogP contribution in [0.3, 0.4) is 0 Å². The van der Waals surface area contributed by atoms with E-state index >= 15 is 0 Å². The molecular formula is C28H29N3O2. The average molecular weight is 440 g/mol. The van der Waals surface area contributed by atoms with Crippen LogP contribution in [0.15, 0.2) is 64.2 Å². The van der Waals surface area contributed by atoms with E-state index in [9.17, 15) is 9.59 Å². The molecule has 0 saturated heterocycles. The van der Waals surface area contributed by atoms with E-state index in [1.54, 1.807) is 0 Å². The number of aromatic nitrogens is 2. The Labute approximate surface area is 192 Å². The predicted molar refractivity (Wildman–Crippen MR) is 139 cm³/mol. The van der Waals surface area contributed by atoms with Crippen LogP contribution in [0.25, 0.3) is 43.6 Å². The molecule has 5 rings (SSSR count). The quantitative estimate of drug-likeness (QED) is 0.357. The van der Waals surface area contributed by atoms with Gasteiger partial charge in [0.2, 0.25) is 0 Å². The topological polar surface area (TPSA) is 58.1 Å². The minimum Gasteiger partial charge on any atom is -0.354 e. The molecule has 3 aromatic carbocycles. The van der Waals surface area contributed by atoms with Crippen molar-refractivity contribution in [2.75, 3.05) is 18.1 Å². The number of H-pyrrole nitrogens is 1. The second kappa shape index (κ2) is 8.39. The van der Waals surface area contributed by atoms with E-state index in [1.165, 1.54) is 0 Å². The van der Waals surface area contributed by atoms with Gasteiger partial charge in [-0.15, -0.1) is 0 Å². The Kier molecular flexibility index (Phi) is 5.41. The number of benzene rings is 3. The Hall–Kier alpha value is -3.60. The van der Waals surface area contributed by atoms with Gasteiger partial charge in [-0.3, -0.25) is 14.3 Å². The molecule has 0 amide bonds. The highest BCUT2D eigenvalue weighted by atomic mass is 16.1. The molecule has 33 heavy (non-hydrogen) atoms. The molecule has 0 unspecified atom stereocenters. The molecule has 1 N–H and O–H groups in total. The third-order valence-corrected chi connectivity index (χ3v) is 6.51. The molecule has 0 spiro atoms. The van der Waals surface area contributed by atoms with E-state index in [2.05, 4.69) is 35.4 Å². The maximum Gasteiger partial charge on any atom is 0.197 e. The SMILES string of the molecule is CCCN(CCC)n1c2cc3c(=O)c4ccccc4[nH]c3cc2c(=O)c2c(CC)cccc21. The molecule has 0 aliphatic rings. The Morgan fingerprint density at radius 1 is 0.758 bits per heavy atom. The molecule has 0 radical (unpaired) electrons. The second-order valence-corrected chi connectivity index (χ2v) is 8.67. The van der Waals surface area contributed by atoms with Gasteiger partial charge in [-0.25, -0.2) is 0 Å². The monoisotopic (exact) mass is 439 g/mol. The third kappa shape index (κ3) is 3.30. The lowest BCUT2D eigenvalue weighted by atomic mass is 10.0. The lowest BCUT2D eigenvalue weighted by Crippen LogP contribution is -2.37. The standard InChI is InChI=1S/C28H29N3O2/c1-4-14-30(15-5-2)31-24-13-9-10-18(6-3)26(24)28(33)21-16-23-20(17-25(21)31)27(32)19-11-7-8-12-22(19)29-23/h7-13,16-17H,4-6,14-15H2,1-3H3,(H,29,32). The van der Waals surface area contributed by atoms with Gasteiger partial charge in [0.25, 0.3) is 0 Å². The van der Waals surface area contributed by atoms with Gasteiger partial charge in [-0.2, -0.15) is 0 Å². The summed E-state index contributed by atoms with van der Waals surface area (Å²) in [6, 6.07) is 17.4. The molecule has 2 heterocycles. The van der Waals surface area contributed by atoms with Crippen molar-refractivity contribution >= 4 is 43.6 Å². The predicted octanol–water partition coefficient (Wildman–Crippen LogP) is 5.47. The van der Waals surface area contributed by atoms with Crippen molar-refractivity contribution in [3.05, 3.63) is 80.6 Å². The zero-order valence-electron chi connectivity index (χ0n) is 19.4. The summed E-state index contributed by atoms with van der Waals surface area (Å²) in [5, 5.41) is 4.98. The maximum atomic E-state index is 13.8. The zero-order valence-corrected chi connectivity index (χ0v) is 19.4. The van der Waals surface area contributed by atoms with Crippen LogP contribution in [0.1, 0.15) is 39.2 Å². The number of fused-ring (bicyclic) bond motifs is 4. The van der Waals surface area contributed by atoms with Crippen molar-refractivity contribution in [2.24, 2.45) is 0 Å². The van der Waals surface area contributed by atoms with Crippen LogP contribution in [0.4, 0.5) is 0 Å². The van der Waals surface area contributed by atoms with E-state index in [-0.39, 0.29) is 10.9 Å². The molecule has 168 valence electrons. The highest BCUT2D eigenvalue weighted by Gasteiger charge is 2.19. The summed E-state index contributed by atoms with van der Waals surface area (Å²) in [5.41, 5.74) is 4.23. The molecule has 0 aliphatic heterocycles. The van der Waals surface area contributed by atoms with Crippen LogP contribution in [-0.2, 0) is 6.42 Å². The minimum absolute atomic E-state index is 0.0137. The van der Waals surface area contributed by atoms with Gasteiger partial charge in [-0.05, 0) is 55.2 Å². The van der Waals surface area contributed by atoms with Crippen molar-refractivity contribution in [3.63, 3.8) is 0 Å². The Balaban J connectivity index is 2.02. The summed E-state index contributed by atoms with van der Waals surface area (Å²) in [6.07, 6.45) is 2.76. The van der Waals surface area contributed by atoms with E-state index in [0.717, 1.165) is 59.9 Å². The largest absolute Gasteiger partial charge is 0.354 e. The lowest BCUT2D eigenvalue weighted by molar-refractivity contribution is 0.595. The zero-order chi connectivity index (χ0) is 23.1. The second-order valence-electron chi connectivity index (χ2n) is 8.67. The molecule has 0 bridgehead atoms. The molecule has 0 atom stereocenters. The first kappa shape index (κ1) is 21.3. The molecular weight excluding hydrogens is 410 g/mol. The van der Waals surface area contributed by atoms with Gasteiger partial charge in [0.05, 0.1) is 27.3 Å². The smallest absolute Gasteiger partial charge is 0.197 e. The number of pyridine rings is 2. The Morgan fingerprint density at radius 2 is 1.52 bits per heavy atom. The molecule has 5 aromatic rings. The van der Waals surface area contributed by atoms with Crippen molar-refractivity contribution in [1.82, 2.24) is 9.66 Å². The number of rotatable bonds is 6. The van der Waals surface area contributed by atoms with Crippen LogP contribution in [0.5, 0.6) is 0 Å². The summed E-state index contributed by atoms with van der Waals surface area (Å²) in [4.78, 5) is 30.6. The molecule has 2 aromatic heterocycles. The van der Waals surface area contributed by atoms with Crippen molar-refractivity contribution in [3.8, 4) is 0 Å². The Bertz CT molecular complexity index is 1620. The number of aromatic amines is 1. The number of nitrogens with zero attached hydrogens (tertiary/aromatic N) is 2. The number of para-hydroxylation sites is 1.